The van der Waals surface area contributed by atoms with Gasteiger partial charge in [0.15, 0.2) is 0 Å². The summed E-state index contributed by atoms with van der Waals surface area (Å²) in [7, 11) is -10.8. The summed E-state index contributed by atoms with van der Waals surface area (Å²) in [6, 6.07) is 0. The van der Waals surface area contributed by atoms with Crippen molar-refractivity contribution in [2.75, 3.05) is 26.4 Å². The van der Waals surface area contributed by atoms with E-state index in [1.807, 2.05) is 0 Å². The van der Waals surface area contributed by atoms with Crippen molar-refractivity contribution < 1.29 is 42.5 Å². The van der Waals surface area contributed by atoms with Crippen LogP contribution in [0.25, 0.3) is 0 Å². The Hall–Kier alpha value is 0.0600. The number of hydrogen-bond acceptors (Lipinski definition) is 9. The molecule has 0 aromatic rings. The molecule has 0 aliphatic heterocycles. The van der Waals surface area contributed by atoms with E-state index in [4.69, 9.17) is 5.11 Å². The Morgan fingerprint density at radius 1 is 0.944 bits per heavy atom. The second-order valence-electron chi connectivity index (χ2n) is 2.15. The number of rotatable bonds is 8. The van der Waals surface area contributed by atoms with Crippen LogP contribution in [-0.2, 0) is 22.7 Å². The lowest BCUT2D eigenvalue weighted by atomic mass is 10.7. The fourth-order valence-corrected chi connectivity index (χ4v) is 1.99. The molecule has 0 bridgehead atoms. The molecule has 0 saturated carbocycles. The third-order valence-corrected chi connectivity index (χ3v) is 3.01. The summed E-state index contributed by atoms with van der Waals surface area (Å²) in [5.74, 6) is 0. The zero-order valence-electron chi connectivity index (χ0n) is 10.4. The van der Waals surface area contributed by atoms with Gasteiger partial charge in [0.05, 0.1) is 34.3 Å². The van der Waals surface area contributed by atoms with Crippen LogP contribution in [0.4, 0.5) is 0 Å². The highest BCUT2D eigenvalue weighted by atomic mass is 31.3. The molecule has 0 fully saturated rings. The first-order valence-corrected chi connectivity index (χ1v) is 6.56. The average molecular weight is 317 g/mol. The molecule has 0 heterocycles. The maximum Gasteiger partial charge on any atom is 0.271 e. The molecule has 18 heavy (non-hydrogen) atoms. The van der Waals surface area contributed by atoms with Gasteiger partial charge in [0, 0.05) is 0 Å². The highest BCUT2D eigenvalue weighted by Gasteiger charge is 2.11. The van der Waals surface area contributed by atoms with E-state index in [-0.39, 0.29) is 38.3 Å². The van der Waals surface area contributed by atoms with Crippen LogP contribution in [0.15, 0.2) is 0 Å². The van der Waals surface area contributed by atoms with Crippen LogP contribution in [0.3, 0.4) is 0 Å². The van der Waals surface area contributed by atoms with E-state index < -0.39 is 22.3 Å². The van der Waals surface area contributed by atoms with Crippen LogP contribution in [0.5, 0.6) is 0 Å². The SMILES string of the molecule is O=P([O-])([O-])OP(=O)([O-])OCCOCCO.[NH4+].[NH4+].[NH4+]. The van der Waals surface area contributed by atoms with Gasteiger partial charge in [-0.05, 0) is 0 Å². The van der Waals surface area contributed by atoms with E-state index in [0.717, 1.165) is 0 Å². The van der Waals surface area contributed by atoms with Gasteiger partial charge in [-0.3, -0.25) is 8.88 Å². The van der Waals surface area contributed by atoms with Gasteiger partial charge in [-0.25, -0.2) is 0 Å². The lowest BCUT2D eigenvalue weighted by Gasteiger charge is -2.34. The van der Waals surface area contributed by atoms with Gasteiger partial charge in [0.1, 0.15) is 0 Å². The third-order valence-electron chi connectivity index (χ3n) is 0.913. The second-order valence-corrected chi connectivity index (χ2v) is 4.85. The molecule has 0 amide bonds. The van der Waals surface area contributed by atoms with Crippen molar-refractivity contribution in [3.8, 4) is 0 Å². The minimum atomic E-state index is -5.63. The van der Waals surface area contributed by atoms with E-state index >= 15 is 0 Å². The third kappa shape index (κ3) is 18.4. The van der Waals surface area contributed by atoms with Crippen LogP contribution in [0.2, 0.25) is 0 Å². The molecule has 116 valence electrons. The number of quaternary nitrogens is 3. The summed E-state index contributed by atoms with van der Waals surface area (Å²) in [6.45, 7) is -0.976. The maximum absolute atomic E-state index is 10.6. The van der Waals surface area contributed by atoms with Gasteiger partial charge in [-0.1, -0.05) is 0 Å². The van der Waals surface area contributed by atoms with Crippen molar-refractivity contribution in [3.63, 3.8) is 0 Å². The predicted octanol–water partition coefficient (Wildman–Crippen LogP) is -1.55. The molecule has 0 aromatic carbocycles. The lowest BCUT2D eigenvalue weighted by Crippen LogP contribution is -2.20. The summed E-state index contributed by atoms with van der Waals surface area (Å²) in [4.78, 5) is 30.4. The largest absolute Gasteiger partial charge is 0.790 e. The Morgan fingerprint density at radius 3 is 1.83 bits per heavy atom. The zero-order valence-corrected chi connectivity index (χ0v) is 12.2. The van der Waals surface area contributed by atoms with E-state index in [2.05, 4.69) is 13.6 Å². The van der Waals surface area contributed by atoms with Gasteiger partial charge >= 0.3 is 0 Å². The molecule has 13 N–H and O–H groups in total. The molecule has 0 spiro atoms. The summed E-state index contributed by atoms with van der Waals surface area (Å²) in [5, 5.41) is 8.25. The monoisotopic (exact) mass is 317 g/mol. The highest BCUT2D eigenvalue weighted by Crippen LogP contribution is 2.50. The summed E-state index contributed by atoms with van der Waals surface area (Å²) in [6.07, 6.45) is 0. The molecule has 0 aliphatic carbocycles. The first kappa shape index (κ1) is 26.6. The summed E-state index contributed by atoms with van der Waals surface area (Å²) < 4.78 is 32.2. The van der Waals surface area contributed by atoms with Crippen LogP contribution < -0.4 is 33.1 Å². The quantitative estimate of drug-likeness (QED) is 0.297. The molecule has 0 aliphatic rings. The van der Waals surface area contributed by atoms with Gasteiger partial charge in [0.2, 0.25) is 0 Å². The number of hydrogen-bond donors (Lipinski definition) is 4. The Labute approximate surface area is 104 Å². The molecule has 0 radical (unpaired) electrons. The minimum absolute atomic E-state index is 0. The fraction of sp³-hybridized carbons (Fsp3) is 1.00. The molecule has 12 nitrogen and oxygen atoms in total. The van der Waals surface area contributed by atoms with Crippen molar-refractivity contribution in [2.45, 2.75) is 0 Å². The smallest absolute Gasteiger partial charge is 0.271 e. The standard InChI is InChI=1S/C4H12O9P2.3H3N/c5-1-2-11-3-4-12-15(9,10)13-14(6,7)8;;;/h5H,1-4H2,(H,9,10)(H2,6,7,8);3*1H3. The second kappa shape index (κ2) is 12.1. The Balaban J connectivity index is -0.000000327. The Bertz CT molecular complexity index is 271. The summed E-state index contributed by atoms with van der Waals surface area (Å²) in [5.41, 5.74) is 0. The van der Waals surface area contributed by atoms with Crippen molar-refractivity contribution in [3.05, 3.63) is 0 Å². The highest BCUT2D eigenvalue weighted by molar-refractivity contribution is 7.58. The van der Waals surface area contributed by atoms with Crippen molar-refractivity contribution in [1.82, 2.24) is 18.5 Å². The van der Waals surface area contributed by atoms with Crippen molar-refractivity contribution in [1.29, 1.82) is 0 Å². The molecule has 1 unspecified atom stereocenters. The van der Waals surface area contributed by atoms with Crippen LogP contribution in [-0.4, -0.2) is 31.5 Å². The van der Waals surface area contributed by atoms with Gasteiger partial charge in [0.25, 0.3) is 7.82 Å². The molecule has 0 rings (SSSR count). The Kier molecular flexibility index (Phi) is 17.9. The topological polar surface area (TPSA) is 261 Å². The normalized spacial score (nSPS) is 13.6. The number of aliphatic hydroxyl groups excluding tert-OH is 1. The van der Waals surface area contributed by atoms with E-state index in [0.29, 0.717) is 0 Å². The van der Waals surface area contributed by atoms with Crippen LogP contribution >= 0.6 is 15.6 Å². The predicted molar refractivity (Wildman–Crippen MR) is 58.1 cm³/mol. The van der Waals surface area contributed by atoms with Crippen molar-refractivity contribution >= 4 is 15.6 Å². The minimum Gasteiger partial charge on any atom is -0.790 e. The summed E-state index contributed by atoms with van der Waals surface area (Å²) >= 11 is 0. The first-order valence-electron chi connectivity index (χ1n) is 3.64. The zero-order chi connectivity index (χ0) is 11.9. The maximum atomic E-state index is 10.6. The van der Waals surface area contributed by atoms with Gasteiger partial charge in [-0.2, -0.15) is 0 Å². The van der Waals surface area contributed by atoms with Crippen molar-refractivity contribution in [2.24, 2.45) is 0 Å². The number of phosphoric acid groups is 2. The number of phosphoric ester groups is 1. The molecular formula is C4H21N3O9P2. The number of aliphatic hydroxyl groups is 1. The first-order chi connectivity index (χ1) is 6.77. The molecule has 1 atom stereocenters. The molecule has 14 heteroatoms. The average Bonchev–Trinajstić information content (AvgIpc) is 1.99. The van der Waals surface area contributed by atoms with Gasteiger partial charge in [-0.15, -0.1) is 0 Å². The lowest BCUT2D eigenvalue weighted by molar-refractivity contribution is -0.339. The van der Waals surface area contributed by atoms with E-state index in [9.17, 15) is 23.8 Å². The van der Waals surface area contributed by atoms with Crippen LogP contribution in [0, 0.1) is 0 Å². The van der Waals surface area contributed by atoms with E-state index in [1.165, 1.54) is 0 Å². The number of ether oxygens (including phenoxy) is 1. The molecular weight excluding hydrogens is 296 g/mol. The van der Waals surface area contributed by atoms with E-state index in [1.54, 1.807) is 0 Å². The Morgan fingerprint density at radius 2 is 1.44 bits per heavy atom. The molecule has 0 aromatic heterocycles. The van der Waals surface area contributed by atoms with Gasteiger partial charge < -0.3 is 52.1 Å². The fourth-order valence-electron chi connectivity index (χ4n) is 0.521. The molecule has 0 saturated heterocycles. The van der Waals surface area contributed by atoms with Crippen LogP contribution in [0.1, 0.15) is 0 Å².